The molecule has 0 radical (unpaired) electrons. The average Bonchev–Trinajstić information content (AvgIpc) is 3.27. The molecule has 188 valence electrons. The Morgan fingerprint density at radius 3 is 2.42 bits per heavy atom. The molecule has 1 aromatic heterocycles. The first-order chi connectivity index (χ1) is 17.2. The lowest BCUT2D eigenvalue weighted by atomic mass is 10.1. The molecule has 36 heavy (non-hydrogen) atoms. The van der Waals surface area contributed by atoms with Crippen molar-refractivity contribution in [2.75, 3.05) is 17.5 Å². The van der Waals surface area contributed by atoms with Crippen LogP contribution in [0.1, 0.15) is 25.7 Å². The summed E-state index contributed by atoms with van der Waals surface area (Å²) in [6.45, 7) is 3.34. The van der Waals surface area contributed by atoms with Gasteiger partial charge in [-0.1, -0.05) is 59.9 Å². The highest BCUT2D eigenvalue weighted by atomic mass is 35.5. The summed E-state index contributed by atoms with van der Waals surface area (Å²) in [5, 5.41) is 5.83. The average molecular weight is 548 g/mol. The third-order valence-corrected chi connectivity index (χ3v) is 7.54. The number of aryl methyl sites for hydroxylation is 1. The number of fused-ring (bicyclic) bond motifs is 1. The van der Waals surface area contributed by atoms with Gasteiger partial charge in [0, 0.05) is 22.5 Å². The highest BCUT2D eigenvalue weighted by Gasteiger charge is 2.29. The van der Waals surface area contributed by atoms with Crippen molar-refractivity contribution in [3.8, 4) is 11.4 Å². The fraction of sp³-hybridized carbons (Fsp3) is 0.240. The van der Waals surface area contributed by atoms with Crippen LogP contribution in [0.3, 0.4) is 0 Å². The van der Waals surface area contributed by atoms with E-state index in [2.05, 4.69) is 10.1 Å². The van der Waals surface area contributed by atoms with Gasteiger partial charge in [0.2, 0.25) is 11.7 Å². The van der Waals surface area contributed by atoms with Crippen LogP contribution in [0.5, 0.6) is 0 Å². The molecule has 0 spiro atoms. The van der Waals surface area contributed by atoms with E-state index in [-0.39, 0.29) is 27.2 Å². The number of carbonyl (C=O) groups is 1. The number of ether oxygens (including phenoxy) is 1. The predicted molar refractivity (Wildman–Crippen MR) is 139 cm³/mol. The van der Waals surface area contributed by atoms with E-state index in [0.717, 1.165) is 21.5 Å². The third-order valence-electron chi connectivity index (χ3n) is 5.36. The maximum Gasteiger partial charge on any atom is 0.326 e. The summed E-state index contributed by atoms with van der Waals surface area (Å²) in [5.41, 5.74) is 0.971. The van der Waals surface area contributed by atoms with Gasteiger partial charge in [0.1, 0.15) is 6.54 Å². The van der Waals surface area contributed by atoms with Gasteiger partial charge in [-0.3, -0.25) is 9.10 Å². The number of carbonyl (C=O) groups excluding carboxylic acids is 1. The van der Waals surface area contributed by atoms with E-state index < -0.39 is 22.5 Å². The monoisotopic (exact) mass is 547 g/mol. The summed E-state index contributed by atoms with van der Waals surface area (Å²) in [6.07, 6.45) is 1.51. The number of hydrogen-bond acceptors (Lipinski definition) is 7. The summed E-state index contributed by atoms with van der Waals surface area (Å²) in [5.74, 6) is 0.173. The van der Waals surface area contributed by atoms with E-state index in [9.17, 15) is 13.2 Å². The molecule has 1 heterocycles. The van der Waals surface area contributed by atoms with Crippen LogP contribution in [0.2, 0.25) is 10.0 Å². The molecule has 0 aliphatic rings. The number of aromatic nitrogens is 2. The Morgan fingerprint density at radius 1 is 1.03 bits per heavy atom. The fourth-order valence-corrected chi connectivity index (χ4v) is 5.69. The van der Waals surface area contributed by atoms with Gasteiger partial charge in [0.25, 0.3) is 10.0 Å². The highest BCUT2D eigenvalue weighted by molar-refractivity contribution is 7.92. The molecular weight excluding hydrogens is 525 g/mol. The molecular formula is C25H23Cl2N3O5S. The van der Waals surface area contributed by atoms with E-state index in [4.69, 9.17) is 32.5 Å². The number of hydrogen-bond donors (Lipinski definition) is 0. The lowest BCUT2D eigenvalue weighted by Gasteiger charge is -2.24. The first kappa shape index (κ1) is 25.9. The summed E-state index contributed by atoms with van der Waals surface area (Å²) in [7, 11) is -4.23. The van der Waals surface area contributed by atoms with Crippen LogP contribution in [-0.2, 0) is 19.6 Å². The Balaban J connectivity index is 1.78. The molecule has 0 bridgehead atoms. The third kappa shape index (κ3) is 5.80. The molecule has 0 saturated heterocycles. The second-order valence-corrected chi connectivity index (χ2v) is 10.8. The van der Waals surface area contributed by atoms with Crippen LogP contribution < -0.4 is 4.31 Å². The van der Waals surface area contributed by atoms with Crippen molar-refractivity contribution >= 4 is 55.7 Å². The van der Waals surface area contributed by atoms with Gasteiger partial charge in [-0.05, 0) is 53.6 Å². The molecule has 0 atom stereocenters. The highest BCUT2D eigenvalue weighted by Crippen LogP contribution is 2.31. The van der Waals surface area contributed by atoms with Crippen molar-refractivity contribution in [3.63, 3.8) is 0 Å². The van der Waals surface area contributed by atoms with Crippen molar-refractivity contribution in [2.45, 2.75) is 31.6 Å². The van der Waals surface area contributed by atoms with Gasteiger partial charge in [0.15, 0.2) is 0 Å². The van der Waals surface area contributed by atoms with Gasteiger partial charge in [-0.25, -0.2) is 8.42 Å². The van der Waals surface area contributed by atoms with E-state index in [1.807, 2.05) is 25.1 Å². The van der Waals surface area contributed by atoms with Crippen molar-refractivity contribution in [1.82, 2.24) is 10.1 Å². The molecule has 0 aliphatic heterocycles. The van der Waals surface area contributed by atoms with Crippen LogP contribution in [0.15, 0.2) is 64.0 Å². The van der Waals surface area contributed by atoms with E-state index >= 15 is 0 Å². The molecule has 0 saturated carbocycles. The summed E-state index contributed by atoms with van der Waals surface area (Å²) < 4.78 is 38.7. The van der Waals surface area contributed by atoms with Gasteiger partial charge in [-0.2, -0.15) is 4.98 Å². The Hall–Kier alpha value is -3.14. The standard InChI is InChI=1S/C25H23Cl2N3O5S/c1-3-4-9-34-24(31)15-30(36(32,33)23-13-20(26)12-21(27)14-23)22-8-7-17-5-6-18(10-19(17)11-22)25-28-16(2)35-29-25/h5-8,10-14H,3-4,9,15H2,1-2H3. The molecule has 0 aliphatic carbocycles. The SMILES string of the molecule is CCCCOC(=O)CN(c1ccc2ccc(-c3noc(C)n3)cc2c1)S(=O)(=O)c1cc(Cl)cc(Cl)c1. The quantitative estimate of drug-likeness (QED) is 0.186. The molecule has 0 unspecified atom stereocenters. The van der Waals surface area contributed by atoms with Crippen LogP contribution in [0.25, 0.3) is 22.2 Å². The number of rotatable bonds is 9. The van der Waals surface area contributed by atoms with Crippen molar-refractivity contribution in [3.05, 3.63) is 70.5 Å². The summed E-state index contributed by atoms with van der Waals surface area (Å²) >= 11 is 12.1. The Morgan fingerprint density at radius 2 is 1.75 bits per heavy atom. The number of anilines is 1. The van der Waals surface area contributed by atoms with Gasteiger partial charge in [0.05, 0.1) is 17.2 Å². The molecule has 11 heteroatoms. The zero-order valence-electron chi connectivity index (χ0n) is 19.6. The number of esters is 1. The first-order valence-electron chi connectivity index (χ1n) is 11.2. The maximum absolute atomic E-state index is 13.7. The summed E-state index contributed by atoms with van der Waals surface area (Å²) in [4.78, 5) is 16.7. The Labute approximate surface area is 218 Å². The number of nitrogens with zero attached hydrogens (tertiary/aromatic N) is 3. The van der Waals surface area contributed by atoms with E-state index in [0.29, 0.717) is 23.7 Å². The molecule has 3 aromatic carbocycles. The Kier molecular flexibility index (Phi) is 7.82. The van der Waals surface area contributed by atoms with Gasteiger partial charge in [-0.15, -0.1) is 0 Å². The van der Waals surface area contributed by atoms with Crippen LogP contribution >= 0.6 is 23.2 Å². The second kappa shape index (κ2) is 10.9. The maximum atomic E-state index is 13.7. The largest absolute Gasteiger partial charge is 0.464 e. The van der Waals surface area contributed by atoms with E-state index in [1.165, 1.54) is 18.2 Å². The molecule has 0 fully saturated rings. The van der Waals surface area contributed by atoms with Crippen molar-refractivity contribution in [2.24, 2.45) is 0 Å². The number of sulfonamides is 1. The van der Waals surface area contributed by atoms with E-state index in [1.54, 1.807) is 25.1 Å². The van der Waals surface area contributed by atoms with Crippen LogP contribution in [0, 0.1) is 6.92 Å². The number of unbranched alkanes of at least 4 members (excludes halogenated alkanes) is 1. The minimum atomic E-state index is -4.23. The molecule has 0 amide bonds. The molecule has 4 aromatic rings. The van der Waals surface area contributed by atoms with Crippen LogP contribution in [-0.4, -0.2) is 37.7 Å². The summed E-state index contributed by atoms with van der Waals surface area (Å²) in [6, 6.07) is 14.6. The zero-order chi connectivity index (χ0) is 25.9. The Bertz CT molecular complexity index is 1500. The molecule has 4 rings (SSSR count). The fourth-order valence-electron chi connectivity index (χ4n) is 3.56. The van der Waals surface area contributed by atoms with Crippen molar-refractivity contribution < 1.29 is 22.5 Å². The second-order valence-electron chi connectivity index (χ2n) is 8.07. The van der Waals surface area contributed by atoms with Gasteiger partial charge >= 0.3 is 5.97 Å². The van der Waals surface area contributed by atoms with Gasteiger partial charge < -0.3 is 9.26 Å². The first-order valence-corrected chi connectivity index (χ1v) is 13.4. The lowest BCUT2D eigenvalue weighted by Crippen LogP contribution is -2.36. The minimum Gasteiger partial charge on any atom is -0.464 e. The normalized spacial score (nSPS) is 11.6. The number of benzene rings is 3. The zero-order valence-corrected chi connectivity index (χ0v) is 21.9. The minimum absolute atomic E-state index is 0.141. The number of halogens is 2. The van der Waals surface area contributed by atoms with Crippen LogP contribution in [0.4, 0.5) is 5.69 Å². The predicted octanol–water partition coefficient (Wildman–Crippen LogP) is 6.04. The molecule has 0 N–H and O–H groups in total. The smallest absolute Gasteiger partial charge is 0.326 e. The lowest BCUT2D eigenvalue weighted by molar-refractivity contribution is -0.141. The molecule has 8 nitrogen and oxygen atoms in total. The topological polar surface area (TPSA) is 103 Å². The van der Waals surface area contributed by atoms with Crippen molar-refractivity contribution in [1.29, 1.82) is 0 Å².